The molecule has 4 rings (SSSR count). The molecule has 2 aliphatic rings. The van der Waals surface area contributed by atoms with Gasteiger partial charge in [0, 0.05) is 56.7 Å². The van der Waals surface area contributed by atoms with Crippen molar-refractivity contribution in [3.63, 3.8) is 0 Å². The first-order chi connectivity index (χ1) is 17.2. The standard InChI is InChI=1S/C30H41N3O3/c1-29(2,3)25-13-11-24(12-14-25)28(35)33-16-8-15-30(22-33,23-36-26-9-6-5-7-10-26)21-27(34)32-19-17-31(4)18-20-32/h5-7,9-14H,8,15-23H2,1-4H3/t30-/m0/s1. The molecule has 2 aromatic rings. The largest absolute Gasteiger partial charge is 0.493 e. The highest BCUT2D eigenvalue weighted by atomic mass is 16.5. The van der Waals surface area contributed by atoms with E-state index in [-0.39, 0.29) is 17.2 Å². The topological polar surface area (TPSA) is 53.1 Å². The van der Waals surface area contributed by atoms with Gasteiger partial charge >= 0.3 is 0 Å². The molecule has 2 fully saturated rings. The molecule has 0 aliphatic carbocycles. The summed E-state index contributed by atoms with van der Waals surface area (Å²) >= 11 is 0. The molecule has 2 amide bonds. The van der Waals surface area contributed by atoms with E-state index >= 15 is 0 Å². The molecule has 194 valence electrons. The van der Waals surface area contributed by atoms with E-state index in [0.29, 0.717) is 31.7 Å². The van der Waals surface area contributed by atoms with Crippen LogP contribution < -0.4 is 4.74 Å². The van der Waals surface area contributed by atoms with Gasteiger partial charge in [0.15, 0.2) is 0 Å². The van der Waals surface area contributed by atoms with Gasteiger partial charge < -0.3 is 19.4 Å². The third kappa shape index (κ3) is 6.47. The summed E-state index contributed by atoms with van der Waals surface area (Å²) in [6, 6.07) is 17.7. The van der Waals surface area contributed by atoms with Gasteiger partial charge in [-0.25, -0.2) is 0 Å². The Balaban J connectivity index is 1.51. The summed E-state index contributed by atoms with van der Waals surface area (Å²) in [7, 11) is 2.09. The Hall–Kier alpha value is -2.86. The van der Waals surface area contributed by atoms with Crippen LogP contribution in [-0.2, 0) is 10.2 Å². The van der Waals surface area contributed by atoms with Crippen molar-refractivity contribution in [2.75, 3.05) is 52.9 Å². The Morgan fingerprint density at radius 3 is 2.19 bits per heavy atom. The number of carbonyl (C=O) groups is 2. The first-order valence-electron chi connectivity index (χ1n) is 13.2. The Morgan fingerprint density at radius 2 is 1.56 bits per heavy atom. The average molecular weight is 492 g/mol. The van der Waals surface area contributed by atoms with E-state index in [1.54, 1.807) is 0 Å². The molecule has 6 heteroatoms. The minimum absolute atomic E-state index is 0.0336. The average Bonchev–Trinajstić information content (AvgIpc) is 2.88. The summed E-state index contributed by atoms with van der Waals surface area (Å²) in [5.41, 5.74) is 1.55. The quantitative estimate of drug-likeness (QED) is 0.599. The van der Waals surface area contributed by atoms with Gasteiger partial charge in [-0.3, -0.25) is 9.59 Å². The van der Waals surface area contributed by atoms with Crippen molar-refractivity contribution in [3.8, 4) is 5.75 Å². The molecule has 0 bridgehead atoms. The lowest BCUT2D eigenvalue weighted by Gasteiger charge is -2.43. The first kappa shape index (κ1) is 26.2. The van der Waals surface area contributed by atoms with E-state index in [2.05, 4.69) is 44.9 Å². The molecule has 0 spiro atoms. The highest BCUT2D eigenvalue weighted by Gasteiger charge is 2.41. The second-order valence-electron chi connectivity index (χ2n) is 11.6. The van der Waals surface area contributed by atoms with Crippen molar-refractivity contribution in [3.05, 3.63) is 65.7 Å². The third-order valence-corrected chi connectivity index (χ3v) is 7.62. The van der Waals surface area contributed by atoms with Crippen LogP contribution in [-0.4, -0.2) is 79.4 Å². The predicted molar refractivity (Wildman–Crippen MR) is 143 cm³/mol. The Bertz CT molecular complexity index is 1020. The maximum Gasteiger partial charge on any atom is 0.253 e. The van der Waals surface area contributed by atoms with E-state index in [4.69, 9.17) is 4.74 Å². The maximum absolute atomic E-state index is 13.5. The van der Waals surface area contributed by atoms with Crippen LogP contribution in [0.15, 0.2) is 54.6 Å². The summed E-state index contributed by atoms with van der Waals surface area (Å²) in [6.07, 6.45) is 2.13. The van der Waals surface area contributed by atoms with E-state index in [0.717, 1.165) is 44.8 Å². The first-order valence-corrected chi connectivity index (χ1v) is 13.2. The molecule has 2 heterocycles. The van der Waals surface area contributed by atoms with Crippen molar-refractivity contribution in [2.45, 2.75) is 45.4 Å². The number of nitrogens with zero attached hydrogens (tertiary/aromatic N) is 3. The Kier molecular flexibility index (Phi) is 8.04. The summed E-state index contributed by atoms with van der Waals surface area (Å²) in [5, 5.41) is 0. The minimum atomic E-state index is -0.407. The van der Waals surface area contributed by atoms with Crippen molar-refractivity contribution < 1.29 is 14.3 Å². The van der Waals surface area contributed by atoms with Crippen molar-refractivity contribution >= 4 is 11.8 Å². The third-order valence-electron chi connectivity index (χ3n) is 7.62. The molecule has 36 heavy (non-hydrogen) atoms. The molecule has 0 unspecified atom stereocenters. The summed E-state index contributed by atoms with van der Waals surface area (Å²) in [5.74, 6) is 1.00. The smallest absolute Gasteiger partial charge is 0.253 e. The summed E-state index contributed by atoms with van der Waals surface area (Å²) in [6.45, 7) is 11.5. The summed E-state index contributed by atoms with van der Waals surface area (Å²) < 4.78 is 6.22. The van der Waals surface area contributed by atoms with Gasteiger partial charge in [-0.05, 0) is 55.1 Å². The lowest BCUT2D eigenvalue weighted by Crippen LogP contribution is -2.53. The van der Waals surface area contributed by atoms with Gasteiger partial charge in [0.1, 0.15) is 5.75 Å². The van der Waals surface area contributed by atoms with Crippen LogP contribution in [0.1, 0.15) is 56.0 Å². The number of carbonyl (C=O) groups excluding carboxylic acids is 2. The van der Waals surface area contributed by atoms with Crippen LogP contribution in [0.5, 0.6) is 5.75 Å². The minimum Gasteiger partial charge on any atom is -0.493 e. The van der Waals surface area contributed by atoms with Crippen LogP contribution in [0.25, 0.3) is 0 Å². The summed E-state index contributed by atoms with van der Waals surface area (Å²) in [4.78, 5) is 33.1. The van der Waals surface area contributed by atoms with Gasteiger partial charge in [-0.15, -0.1) is 0 Å². The second-order valence-corrected chi connectivity index (χ2v) is 11.6. The number of para-hydroxylation sites is 1. The number of likely N-dealkylation sites (tertiary alicyclic amines) is 1. The van der Waals surface area contributed by atoms with E-state index in [1.165, 1.54) is 5.56 Å². The van der Waals surface area contributed by atoms with E-state index < -0.39 is 5.41 Å². The fraction of sp³-hybridized carbons (Fsp3) is 0.533. The highest BCUT2D eigenvalue weighted by molar-refractivity contribution is 5.94. The van der Waals surface area contributed by atoms with Gasteiger partial charge in [0.05, 0.1) is 6.61 Å². The zero-order chi connectivity index (χ0) is 25.8. The zero-order valence-corrected chi connectivity index (χ0v) is 22.3. The molecule has 2 saturated heterocycles. The fourth-order valence-corrected chi connectivity index (χ4v) is 5.23. The number of rotatable bonds is 6. The molecule has 2 aliphatic heterocycles. The number of hydrogen-bond donors (Lipinski definition) is 0. The molecule has 0 radical (unpaired) electrons. The molecule has 0 N–H and O–H groups in total. The molecular weight excluding hydrogens is 450 g/mol. The van der Waals surface area contributed by atoms with E-state index in [1.807, 2.05) is 52.3 Å². The number of ether oxygens (including phenoxy) is 1. The lowest BCUT2D eigenvalue weighted by atomic mass is 9.77. The van der Waals surface area contributed by atoms with Gasteiger partial charge in [-0.2, -0.15) is 0 Å². The fourth-order valence-electron chi connectivity index (χ4n) is 5.23. The van der Waals surface area contributed by atoms with Crippen LogP contribution in [0.4, 0.5) is 0 Å². The van der Waals surface area contributed by atoms with Crippen LogP contribution in [0.3, 0.4) is 0 Å². The van der Waals surface area contributed by atoms with E-state index in [9.17, 15) is 9.59 Å². The Morgan fingerprint density at radius 1 is 0.889 bits per heavy atom. The molecule has 1 atom stereocenters. The number of amides is 2. The molecule has 0 saturated carbocycles. The lowest BCUT2D eigenvalue weighted by molar-refractivity contribution is -0.137. The van der Waals surface area contributed by atoms with Gasteiger partial charge in [0.25, 0.3) is 5.91 Å². The SMILES string of the molecule is CN1CCN(C(=O)C[C@@]2(COc3ccccc3)CCCN(C(=O)c3ccc(C(C)(C)C)cc3)C2)CC1. The normalized spacial score (nSPS) is 21.3. The monoisotopic (exact) mass is 491 g/mol. The van der Waals surface area contributed by atoms with Gasteiger partial charge in [0.2, 0.25) is 5.91 Å². The molecule has 2 aromatic carbocycles. The second kappa shape index (κ2) is 11.0. The zero-order valence-electron chi connectivity index (χ0n) is 22.3. The van der Waals surface area contributed by atoms with Gasteiger partial charge in [-0.1, -0.05) is 51.1 Å². The van der Waals surface area contributed by atoms with Crippen molar-refractivity contribution in [2.24, 2.45) is 5.41 Å². The number of piperazine rings is 1. The number of likely N-dealkylation sites (N-methyl/N-ethyl adjacent to an activating group) is 1. The molecule has 6 nitrogen and oxygen atoms in total. The number of piperidine rings is 1. The number of hydrogen-bond acceptors (Lipinski definition) is 4. The maximum atomic E-state index is 13.5. The molecular formula is C30H41N3O3. The highest BCUT2D eigenvalue weighted by Crippen LogP contribution is 2.36. The van der Waals surface area contributed by atoms with Crippen LogP contribution >= 0.6 is 0 Å². The number of benzene rings is 2. The van der Waals surface area contributed by atoms with Crippen molar-refractivity contribution in [1.29, 1.82) is 0 Å². The Labute approximate surface area is 216 Å². The van der Waals surface area contributed by atoms with Crippen LogP contribution in [0, 0.1) is 5.41 Å². The van der Waals surface area contributed by atoms with Crippen molar-refractivity contribution in [1.82, 2.24) is 14.7 Å². The predicted octanol–water partition coefficient (Wildman–Crippen LogP) is 4.45. The van der Waals surface area contributed by atoms with Crippen LogP contribution in [0.2, 0.25) is 0 Å². The molecule has 0 aromatic heterocycles.